The van der Waals surface area contributed by atoms with Crippen molar-refractivity contribution in [2.45, 2.75) is 85.5 Å². The second kappa shape index (κ2) is 12.0. The van der Waals surface area contributed by atoms with Crippen LogP contribution in [0.3, 0.4) is 0 Å². The monoisotopic (exact) mass is 576 g/mol. The number of alkyl halides is 2. The van der Waals surface area contributed by atoms with E-state index in [0.29, 0.717) is 32.2 Å². The van der Waals surface area contributed by atoms with Crippen molar-refractivity contribution in [1.82, 2.24) is 31.5 Å². The summed E-state index contributed by atoms with van der Waals surface area (Å²) in [7, 11) is 1.75. The second-order valence-electron chi connectivity index (χ2n) is 11.6. The number of amides is 2. The molecule has 5 heterocycles. The van der Waals surface area contributed by atoms with E-state index < -0.39 is 0 Å². The van der Waals surface area contributed by atoms with Gasteiger partial charge in [0.2, 0.25) is 11.8 Å². The van der Waals surface area contributed by atoms with Gasteiger partial charge in [0.1, 0.15) is 5.50 Å². The van der Waals surface area contributed by atoms with Gasteiger partial charge in [0, 0.05) is 50.6 Å². The highest BCUT2D eigenvalue weighted by molar-refractivity contribution is 8.00. The number of rotatable bonds is 5. The lowest BCUT2D eigenvalue weighted by Gasteiger charge is -2.45. The number of thioether (sulfide) groups is 1. The smallest absolute Gasteiger partial charge is 0.240 e. The van der Waals surface area contributed by atoms with Gasteiger partial charge in [-0.25, -0.2) is 0 Å². The second-order valence-corrected chi connectivity index (χ2v) is 14.0. The molecular formula is C25H42Cl2N6O3S. The Morgan fingerprint density at radius 2 is 1.81 bits per heavy atom. The Labute approximate surface area is 234 Å². The standard InChI is InChI=1S/C25H42Cl2N6O3S/c1-12-4-5-20(26)31-22(12)24(35)33-10-17-19(11-33)37-25(30-17)32-23(34)16-8-28-13(2)6-14(16)15-7-21(27)29-9-18(15)36-3/h12-22,25,28-31H,4-11H2,1-3H3,(H,32,34). The highest BCUT2D eigenvalue weighted by Gasteiger charge is 2.48. The molecular weight excluding hydrogens is 535 g/mol. The number of fused-ring (bicyclic) bond motifs is 1. The van der Waals surface area contributed by atoms with Gasteiger partial charge in [-0.3, -0.25) is 25.5 Å². The zero-order valence-corrected chi connectivity index (χ0v) is 24.2. The number of piperidine rings is 3. The van der Waals surface area contributed by atoms with Gasteiger partial charge in [-0.15, -0.1) is 35.0 Å². The number of likely N-dealkylation sites (tertiary alicyclic amines) is 1. The minimum atomic E-state index is -0.216. The summed E-state index contributed by atoms with van der Waals surface area (Å²) in [5.41, 5.74) is -0.380. The van der Waals surface area contributed by atoms with Crippen molar-refractivity contribution in [1.29, 1.82) is 0 Å². The van der Waals surface area contributed by atoms with E-state index in [1.54, 1.807) is 18.9 Å². The van der Waals surface area contributed by atoms with Gasteiger partial charge in [0.15, 0.2) is 0 Å². The van der Waals surface area contributed by atoms with Crippen molar-refractivity contribution >= 4 is 46.8 Å². The predicted molar refractivity (Wildman–Crippen MR) is 147 cm³/mol. The number of carbonyl (C=O) groups excluding carboxylic acids is 2. The summed E-state index contributed by atoms with van der Waals surface area (Å²) >= 11 is 14.5. The van der Waals surface area contributed by atoms with Crippen LogP contribution in [0.4, 0.5) is 0 Å². The Morgan fingerprint density at radius 1 is 1.00 bits per heavy atom. The zero-order valence-electron chi connectivity index (χ0n) is 21.9. The molecule has 0 aromatic rings. The van der Waals surface area contributed by atoms with Crippen LogP contribution in [0, 0.1) is 23.7 Å². The number of carbonyl (C=O) groups is 2. The molecule has 5 N–H and O–H groups in total. The van der Waals surface area contributed by atoms with Gasteiger partial charge in [0.25, 0.3) is 0 Å². The number of ether oxygens (including phenoxy) is 1. The molecule has 0 aromatic carbocycles. The van der Waals surface area contributed by atoms with Crippen LogP contribution in [0.5, 0.6) is 0 Å². The normalized spacial score (nSPS) is 46.5. The molecule has 12 atom stereocenters. The van der Waals surface area contributed by atoms with Gasteiger partial charge < -0.3 is 20.3 Å². The molecule has 12 heteroatoms. The fraction of sp³-hybridized carbons (Fsp3) is 0.920. The summed E-state index contributed by atoms with van der Waals surface area (Å²) in [6.45, 7) is 7.02. The molecule has 9 nitrogen and oxygen atoms in total. The van der Waals surface area contributed by atoms with E-state index in [1.807, 2.05) is 4.90 Å². The van der Waals surface area contributed by atoms with Crippen molar-refractivity contribution in [3.63, 3.8) is 0 Å². The third-order valence-corrected chi connectivity index (χ3v) is 11.1. The lowest BCUT2D eigenvalue weighted by molar-refractivity contribution is -0.134. The van der Waals surface area contributed by atoms with Crippen LogP contribution in [-0.2, 0) is 14.3 Å². The van der Waals surface area contributed by atoms with Crippen LogP contribution in [-0.4, -0.2) is 96.0 Å². The van der Waals surface area contributed by atoms with Crippen molar-refractivity contribution in [3.05, 3.63) is 0 Å². The first kappa shape index (κ1) is 28.2. The molecule has 5 aliphatic heterocycles. The Hall–Kier alpha value is -0.330. The lowest BCUT2D eigenvalue weighted by Crippen LogP contribution is -2.57. The summed E-state index contributed by atoms with van der Waals surface area (Å²) in [5.74, 6) is 0.814. The zero-order chi connectivity index (χ0) is 26.3. The Kier molecular flexibility index (Phi) is 9.18. The number of halogens is 2. The number of nitrogens with one attached hydrogen (secondary N) is 5. The van der Waals surface area contributed by atoms with Gasteiger partial charge in [-0.1, -0.05) is 6.92 Å². The van der Waals surface area contributed by atoms with Crippen molar-refractivity contribution in [3.8, 4) is 0 Å². The molecule has 0 aliphatic carbocycles. The Bertz CT molecular complexity index is 830. The Balaban J connectivity index is 1.16. The van der Waals surface area contributed by atoms with Crippen LogP contribution >= 0.6 is 35.0 Å². The molecule has 37 heavy (non-hydrogen) atoms. The minimum absolute atomic E-state index is 0.0536. The number of nitrogens with zero attached hydrogens (tertiary/aromatic N) is 1. The van der Waals surface area contributed by atoms with Crippen LogP contribution in [0.25, 0.3) is 0 Å². The summed E-state index contributed by atoms with van der Waals surface area (Å²) < 4.78 is 5.80. The first-order chi connectivity index (χ1) is 17.7. The molecule has 210 valence electrons. The van der Waals surface area contributed by atoms with E-state index >= 15 is 0 Å². The van der Waals surface area contributed by atoms with E-state index in [-0.39, 0.29) is 75.4 Å². The molecule has 5 saturated heterocycles. The maximum atomic E-state index is 13.6. The fourth-order valence-electron chi connectivity index (χ4n) is 6.98. The lowest BCUT2D eigenvalue weighted by atomic mass is 9.70. The van der Waals surface area contributed by atoms with E-state index in [1.165, 1.54) is 0 Å². The van der Waals surface area contributed by atoms with Gasteiger partial charge in [-0.05, 0) is 50.4 Å². The van der Waals surface area contributed by atoms with Crippen molar-refractivity contribution < 1.29 is 14.3 Å². The summed E-state index contributed by atoms with van der Waals surface area (Å²) in [5, 5.41) is 17.2. The topological polar surface area (TPSA) is 107 Å². The molecule has 0 bridgehead atoms. The SMILES string of the molecule is COC1CNC(Cl)CC1C1CC(C)NCC1C(=O)NC1NC2CN(C(=O)C3NC(Cl)CCC3C)CC2S1. The van der Waals surface area contributed by atoms with Gasteiger partial charge in [-0.2, -0.15) is 0 Å². The summed E-state index contributed by atoms with van der Waals surface area (Å²) in [6.07, 6.45) is 3.63. The molecule has 12 unspecified atom stereocenters. The van der Waals surface area contributed by atoms with Crippen LogP contribution < -0.4 is 26.6 Å². The molecule has 2 amide bonds. The third-order valence-electron chi connectivity index (χ3n) is 9.11. The van der Waals surface area contributed by atoms with Crippen LogP contribution in [0.15, 0.2) is 0 Å². The van der Waals surface area contributed by atoms with E-state index in [9.17, 15) is 9.59 Å². The minimum Gasteiger partial charge on any atom is -0.380 e. The molecule has 0 radical (unpaired) electrons. The maximum absolute atomic E-state index is 13.6. The van der Waals surface area contributed by atoms with Crippen molar-refractivity contribution in [2.24, 2.45) is 23.7 Å². The average molecular weight is 578 g/mol. The first-order valence-corrected chi connectivity index (χ1v) is 15.6. The Morgan fingerprint density at radius 3 is 2.57 bits per heavy atom. The number of hydrogen-bond donors (Lipinski definition) is 5. The molecule has 5 aliphatic rings. The fourth-order valence-corrected chi connectivity index (χ4v) is 8.94. The van der Waals surface area contributed by atoms with E-state index in [4.69, 9.17) is 27.9 Å². The first-order valence-electron chi connectivity index (χ1n) is 13.8. The van der Waals surface area contributed by atoms with E-state index in [0.717, 1.165) is 25.7 Å². The largest absolute Gasteiger partial charge is 0.380 e. The molecule has 0 aromatic heterocycles. The van der Waals surface area contributed by atoms with Gasteiger partial charge in [0.05, 0.1) is 29.1 Å². The summed E-state index contributed by atoms with van der Waals surface area (Å²) in [6, 6.07) is 0.310. The average Bonchev–Trinajstić information content (AvgIpc) is 3.43. The van der Waals surface area contributed by atoms with Crippen LogP contribution in [0.1, 0.15) is 39.5 Å². The number of methoxy groups -OCH3 is 1. The highest BCUT2D eigenvalue weighted by atomic mass is 35.5. The number of hydrogen-bond acceptors (Lipinski definition) is 8. The maximum Gasteiger partial charge on any atom is 0.240 e. The third kappa shape index (κ3) is 6.21. The quantitative estimate of drug-likeness (QED) is 0.244. The van der Waals surface area contributed by atoms with Gasteiger partial charge >= 0.3 is 0 Å². The van der Waals surface area contributed by atoms with Crippen molar-refractivity contribution in [2.75, 3.05) is 33.3 Å². The molecule has 5 fully saturated rings. The van der Waals surface area contributed by atoms with Crippen LogP contribution in [0.2, 0.25) is 0 Å². The van der Waals surface area contributed by atoms with E-state index in [2.05, 4.69) is 40.4 Å². The molecule has 5 rings (SSSR count). The highest BCUT2D eigenvalue weighted by Crippen LogP contribution is 2.39. The molecule has 0 spiro atoms. The molecule has 0 saturated carbocycles. The summed E-state index contributed by atoms with van der Waals surface area (Å²) in [4.78, 5) is 28.7. The predicted octanol–water partition coefficient (Wildman–Crippen LogP) is 1.06.